The average Bonchev–Trinajstić information content (AvgIpc) is 2.79. The molecule has 0 radical (unpaired) electrons. The van der Waals surface area contributed by atoms with E-state index in [-0.39, 0.29) is 36.5 Å². The lowest BCUT2D eigenvalue weighted by molar-refractivity contribution is -0.137. The molecular weight excluding hydrogens is 452 g/mol. The molecule has 34 heavy (non-hydrogen) atoms. The molecule has 2 aromatic rings. The van der Waals surface area contributed by atoms with Gasteiger partial charge in [0.25, 0.3) is 0 Å². The van der Waals surface area contributed by atoms with Crippen molar-refractivity contribution >= 4 is 17.5 Å². The third-order valence-electron chi connectivity index (χ3n) is 6.00. The topological polar surface area (TPSA) is 55.9 Å². The van der Waals surface area contributed by atoms with E-state index in [1.165, 1.54) is 30.3 Å². The number of rotatable bonds is 7. The van der Waals surface area contributed by atoms with Gasteiger partial charge >= 0.3 is 6.18 Å². The smallest absolute Gasteiger partial charge is 0.339 e. The minimum atomic E-state index is -4.56. The van der Waals surface area contributed by atoms with E-state index in [9.17, 15) is 27.2 Å². The number of piperazine rings is 1. The Kier molecular flexibility index (Phi) is 8.27. The number of carbonyl (C=O) groups excluding carboxylic acids is 2. The SMILES string of the molecule is CC(c1ccc(F)cc1)N(C)CC(=O)N1CCN(CC(=O)Nc2ccccc2C(F)(F)F)CC1. The van der Waals surface area contributed by atoms with Gasteiger partial charge in [-0.25, -0.2) is 4.39 Å². The first-order chi connectivity index (χ1) is 16.0. The van der Waals surface area contributed by atoms with Crippen molar-refractivity contribution in [3.63, 3.8) is 0 Å². The average molecular weight is 481 g/mol. The predicted octanol–water partition coefficient (Wildman–Crippen LogP) is 3.62. The van der Waals surface area contributed by atoms with E-state index >= 15 is 0 Å². The van der Waals surface area contributed by atoms with Gasteiger partial charge in [-0.1, -0.05) is 24.3 Å². The zero-order chi connectivity index (χ0) is 24.9. The maximum absolute atomic E-state index is 13.1. The molecule has 1 aliphatic heterocycles. The van der Waals surface area contributed by atoms with E-state index in [1.54, 1.807) is 21.9 Å². The molecule has 6 nitrogen and oxygen atoms in total. The van der Waals surface area contributed by atoms with Gasteiger partial charge < -0.3 is 10.2 Å². The molecule has 3 rings (SSSR count). The van der Waals surface area contributed by atoms with Gasteiger partial charge in [0, 0.05) is 32.2 Å². The van der Waals surface area contributed by atoms with Gasteiger partial charge in [-0.2, -0.15) is 13.2 Å². The second-order valence-corrected chi connectivity index (χ2v) is 8.39. The molecular formula is C24H28F4N4O2. The third-order valence-corrected chi connectivity index (χ3v) is 6.00. The Hall–Kier alpha value is -2.98. The first-order valence-corrected chi connectivity index (χ1v) is 11.0. The van der Waals surface area contributed by atoms with E-state index in [4.69, 9.17) is 0 Å². The van der Waals surface area contributed by atoms with Crippen molar-refractivity contribution < 1.29 is 27.2 Å². The Morgan fingerprint density at radius 2 is 1.65 bits per heavy atom. The van der Waals surface area contributed by atoms with Gasteiger partial charge in [0.2, 0.25) is 11.8 Å². The highest BCUT2D eigenvalue weighted by molar-refractivity contribution is 5.93. The lowest BCUT2D eigenvalue weighted by Gasteiger charge is -2.35. The van der Waals surface area contributed by atoms with Crippen molar-refractivity contribution in [3.8, 4) is 0 Å². The third kappa shape index (κ3) is 6.77. The van der Waals surface area contributed by atoms with Crippen LogP contribution in [0.1, 0.15) is 24.1 Å². The number of hydrogen-bond acceptors (Lipinski definition) is 4. The van der Waals surface area contributed by atoms with Gasteiger partial charge in [-0.3, -0.25) is 19.4 Å². The normalized spacial score (nSPS) is 15.9. The van der Waals surface area contributed by atoms with Crippen LogP contribution in [-0.4, -0.2) is 72.8 Å². The summed E-state index contributed by atoms with van der Waals surface area (Å²) in [6, 6.07) is 10.9. The summed E-state index contributed by atoms with van der Waals surface area (Å²) in [5.74, 6) is -0.908. The van der Waals surface area contributed by atoms with Gasteiger partial charge in [0.1, 0.15) is 5.82 Å². The van der Waals surface area contributed by atoms with Crippen LogP contribution in [0.15, 0.2) is 48.5 Å². The molecule has 1 heterocycles. The standard InChI is InChI=1S/C24H28F4N4O2/c1-17(18-7-9-19(25)10-8-18)30(2)16-23(34)32-13-11-31(12-14-32)15-22(33)29-21-6-4-3-5-20(21)24(26,27)28/h3-10,17H,11-16H2,1-2H3,(H,29,33). The number of para-hydroxylation sites is 1. The van der Waals surface area contributed by atoms with Gasteiger partial charge in [-0.05, 0) is 43.8 Å². The molecule has 1 aliphatic rings. The van der Waals surface area contributed by atoms with Crippen molar-refractivity contribution in [1.29, 1.82) is 0 Å². The summed E-state index contributed by atoms with van der Waals surface area (Å²) < 4.78 is 52.5. The number of hydrogen-bond donors (Lipinski definition) is 1. The molecule has 1 saturated heterocycles. The quantitative estimate of drug-likeness (QED) is 0.616. The summed E-state index contributed by atoms with van der Waals surface area (Å²) in [6.45, 7) is 3.79. The summed E-state index contributed by atoms with van der Waals surface area (Å²) in [6.07, 6.45) is -4.56. The van der Waals surface area contributed by atoms with Crippen LogP contribution in [0.3, 0.4) is 0 Å². The van der Waals surface area contributed by atoms with E-state index in [1.807, 2.05) is 18.9 Å². The number of carbonyl (C=O) groups is 2. The Labute approximate surface area is 196 Å². The Bertz CT molecular complexity index is 989. The van der Waals surface area contributed by atoms with Gasteiger partial charge in [-0.15, -0.1) is 0 Å². The number of anilines is 1. The fourth-order valence-corrected chi connectivity index (χ4v) is 3.83. The number of nitrogens with zero attached hydrogens (tertiary/aromatic N) is 3. The molecule has 184 valence electrons. The zero-order valence-corrected chi connectivity index (χ0v) is 19.1. The summed E-state index contributed by atoms with van der Waals surface area (Å²) in [7, 11) is 1.82. The maximum atomic E-state index is 13.1. The largest absolute Gasteiger partial charge is 0.418 e. The Morgan fingerprint density at radius 3 is 2.26 bits per heavy atom. The minimum absolute atomic E-state index is 0.0559. The minimum Gasteiger partial charge on any atom is -0.339 e. The highest BCUT2D eigenvalue weighted by Crippen LogP contribution is 2.34. The van der Waals surface area contributed by atoms with E-state index in [2.05, 4.69) is 5.32 Å². The van der Waals surface area contributed by atoms with Crippen LogP contribution in [0.2, 0.25) is 0 Å². The van der Waals surface area contributed by atoms with Crippen LogP contribution in [0.5, 0.6) is 0 Å². The summed E-state index contributed by atoms with van der Waals surface area (Å²) in [5.41, 5.74) is -0.260. The fourth-order valence-electron chi connectivity index (χ4n) is 3.83. The number of nitrogens with one attached hydrogen (secondary N) is 1. The van der Waals surface area contributed by atoms with E-state index in [0.29, 0.717) is 26.2 Å². The second kappa shape index (κ2) is 11.0. The Balaban J connectivity index is 1.46. The van der Waals surface area contributed by atoms with Crippen LogP contribution < -0.4 is 5.32 Å². The highest BCUT2D eigenvalue weighted by Gasteiger charge is 2.33. The van der Waals surface area contributed by atoms with E-state index in [0.717, 1.165) is 11.6 Å². The second-order valence-electron chi connectivity index (χ2n) is 8.39. The first kappa shape index (κ1) is 25.6. The van der Waals surface area contributed by atoms with Crippen molar-refractivity contribution in [2.75, 3.05) is 51.6 Å². The number of benzene rings is 2. The number of amides is 2. The van der Waals surface area contributed by atoms with E-state index < -0.39 is 17.6 Å². The predicted molar refractivity (Wildman–Crippen MR) is 121 cm³/mol. The summed E-state index contributed by atoms with van der Waals surface area (Å²) in [5, 5.41) is 2.34. The molecule has 1 atom stereocenters. The molecule has 0 bridgehead atoms. The van der Waals surface area contributed by atoms with Gasteiger partial charge in [0.05, 0.1) is 24.3 Å². The van der Waals surface area contributed by atoms with Crippen molar-refractivity contribution in [2.45, 2.75) is 19.1 Å². The van der Waals surface area contributed by atoms with Crippen LogP contribution in [0, 0.1) is 5.82 Å². The first-order valence-electron chi connectivity index (χ1n) is 11.0. The van der Waals surface area contributed by atoms with Crippen LogP contribution >= 0.6 is 0 Å². The molecule has 0 aromatic heterocycles. The molecule has 0 aliphatic carbocycles. The van der Waals surface area contributed by atoms with Crippen molar-refractivity contribution in [3.05, 3.63) is 65.5 Å². The monoisotopic (exact) mass is 480 g/mol. The zero-order valence-electron chi connectivity index (χ0n) is 19.1. The molecule has 1 unspecified atom stereocenters. The number of likely N-dealkylation sites (N-methyl/N-ethyl adjacent to an activating group) is 1. The van der Waals surface area contributed by atoms with Crippen molar-refractivity contribution in [1.82, 2.24) is 14.7 Å². The highest BCUT2D eigenvalue weighted by atomic mass is 19.4. The van der Waals surface area contributed by atoms with Gasteiger partial charge in [0.15, 0.2) is 0 Å². The van der Waals surface area contributed by atoms with Crippen molar-refractivity contribution in [2.24, 2.45) is 0 Å². The molecule has 0 saturated carbocycles. The molecule has 2 amide bonds. The summed E-state index contributed by atoms with van der Waals surface area (Å²) >= 11 is 0. The fraction of sp³-hybridized carbons (Fsp3) is 0.417. The maximum Gasteiger partial charge on any atom is 0.418 e. The molecule has 1 N–H and O–H groups in total. The number of halogens is 4. The lowest BCUT2D eigenvalue weighted by atomic mass is 10.1. The summed E-state index contributed by atoms with van der Waals surface area (Å²) in [4.78, 5) is 30.4. The molecule has 0 spiro atoms. The molecule has 2 aromatic carbocycles. The van der Waals surface area contributed by atoms with Crippen LogP contribution in [0.25, 0.3) is 0 Å². The molecule has 10 heteroatoms. The molecule has 1 fully saturated rings. The Morgan fingerprint density at radius 1 is 1.03 bits per heavy atom. The lowest BCUT2D eigenvalue weighted by Crippen LogP contribution is -2.52. The van der Waals surface area contributed by atoms with Crippen LogP contribution in [-0.2, 0) is 15.8 Å². The number of alkyl halides is 3. The van der Waals surface area contributed by atoms with Crippen LogP contribution in [0.4, 0.5) is 23.2 Å².